The van der Waals surface area contributed by atoms with Gasteiger partial charge in [0.2, 0.25) is 5.91 Å². The third-order valence-corrected chi connectivity index (χ3v) is 16.8. The Bertz CT molecular complexity index is 1770. The van der Waals surface area contributed by atoms with Gasteiger partial charge in [-0.1, -0.05) is 52.5 Å². The number of rotatable bonds is 15. The number of ether oxygens (including phenoxy) is 8. The van der Waals surface area contributed by atoms with Crippen LogP contribution in [0.2, 0.25) is 0 Å². The molecule has 1 amide bonds. The third kappa shape index (κ3) is 10.5. The first-order valence-corrected chi connectivity index (χ1v) is 25.5. The lowest BCUT2D eigenvalue weighted by Gasteiger charge is -2.44. The number of aryl methyl sites for hydroxylation is 1. The number of carbonyl (C=O) groups is 3. The summed E-state index contributed by atoms with van der Waals surface area (Å²) >= 11 is 1.73. The summed E-state index contributed by atoms with van der Waals surface area (Å²) in [5.41, 5.74) is 1.72. The highest BCUT2D eigenvalue weighted by molar-refractivity contribution is 7.11. The van der Waals surface area contributed by atoms with Gasteiger partial charge >= 0.3 is 5.97 Å². The summed E-state index contributed by atoms with van der Waals surface area (Å²) in [5, 5.41) is 0.983. The van der Waals surface area contributed by atoms with E-state index in [1.54, 1.807) is 32.7 Å². The summed E-state index contributed by atoms with van der Waals surface area (Å²) in [4.78, 5) is 50.6. The predicted octanol–water partition coefficient (Wildman–Crippen LogP) is 8.59. The molecule has 1 saturated carbocycles. The molecule has 1 aromatic rings. The van der Waals surface area contributed by atoms with E-state index >= 15 is 4.79 Å². The second-order valence-corrected chi connectivity index (χ2v) is 20.9. The summed E-state index contributed by atoms with van der Waals surface area (Å²) in [5.74, 6) is -0.669. The van der Waals surface area contributed by atoms with Crippen LogP contribution in [0.25, 0.3) is 0 Å². The van der Waals surface area contributed by atoms with Crippen LogP contribution in [0, 0.1) is 30.6 Å². The fourth-order valence-electron chi connectivity index (χ4n) is 12.3. The molecular formula is C50H78N2O11S. The summed E-state index contributed by atoms with van der Waals surface area (Å²) in [6.07, 6.45) is 10.7. The van der Waals surface area contributed by atoms with Gasteiger partial charge in [-0.25, -0.2) is 4.98 Å². The van der Waals surface area contributed by atoms with Gasteiger partial charge in [-0.3, -0.25) is 14.4 Å². The first-order chi connectivity index (χ1) is 30.8. The Labute approximate surface area is 386 Å². The van der Waals surface area contributed by atoms with Gasteiger partial charge < -0.3 is 42.8 Å². The minimum Gasteiger partial charge on any atom is -0.462 e. The van der Waals surface area contributed by atoms with Gasteiger partial charge in [0.25, 0.3) is 0 Å². The zero-order valence-corrected chi connectivity index (χ0v) is 41.1. The maximum atomic E-state index is 15.2. The summed E-state index contributed by atoms with van der Waals surface area (Å²) < 4.78 is 50.5. The van der Waals surface area contributed by atoms with Crippen molar-refractivity contribution in [2.75, 3.05) is 28.4 Å². The quantitative estimate of drug-likeness (QED) is 0.123. The molecule has 17 atom stereocenters. The number of cyclic esters (lactones) is 1. The van der Waals surface area contributed by atoms with E-state index in [4.69, 9.17) is 42.9 Å². The van der Waals surface area contributed by atoms with E-state index in [9.17, 15) is 9.59 Å². The molecule has 4 heterocycles. The number of aromatic nitrogens is 1. The molecule has 3 unspecified atom stereocenters. The average molecular weight is 915 g/mol. The van der Waals surface area contributed by atoms with Crippen LogP contribution in [0.3, 0.4) is 0 Å². The normalized spacial score (nSPS) is 39.1. The number of allylic oxidation sites excluding steroid dienone is 2. The fraction of sp³-hybridized carbons (Fsp3) is 0.840. The van der Waals surface area contributed by atoms with E-state index in [-0.39, 0.29) is 96.3 Å². The van der Waals surface area contributed by atoms with E-state index < -0.39 is 30.7 Å². The standard InChI is InChI=1S/C50H78N2O11S/c1-11-13-14-15-16-20-40(53)52(7)38-21-22-42(59-28(38)4)63-39-19-17-18-31(12-2)61-41(54)26-35-36(45(55)27(39)3)25-34-33-23-32(24-37(33)49-44(43(34)35)51-30(6)64-49)62-50-48(58-10)47(57-9)46(56-8)29(5)60-50/h25,27-29,31-35,37-39,42-43,46-48,50H,11-24,26H2,1-10H3/t27-,28?,29?,31+,32+,33+,34+,35-,37-,38+,39+,42+,43-,46+,47?,48+,50+/m1/s1. The molecule has 360 valence electrons. The lowest BCUT2D eigenvalue weighted by Crippen LogP contribution is -2.59. The van der Waals surface area contributed by atoms with Crippen molar-refractivity contribution >= 4 is 29.0 Å². The lowest BCUT2D eigenvalue weighted by atomic mass is 9.67. The Hall–Kier alpha value is -2.30. The molecule has 6 aliphatic rings. The van der Waals surface area contributed by atoms with Crippen molar-refractivity contribution in [1.82, 2.24) is 9.88 Å². The number of methoxy groups -OCH3 is 3. The second kappa shape index (κ2) is 22.2. The smallest absolute Gasteiger partial charge is 0.306 e. The van der Waals surface area contributed by atoms with Gasteiger partial charge in [0.15, 0.2) is 18.4 Å². The summed E-state index contributed by atoms with van der Waals surface area (Å²) in [6, 6.07) is -0.0276. The van der Waals surface area contributed by atoms with Crippen molar-refractivity contribution < 1.29 is 52.3 Å². The molecule has 13 nitrogen and oxygen atoms in total. The number of nitrogens with zero attached hydrogens (tertiary/aromatic N) is 2. The van der Waals surface area contributed by atoms with Crippen LogP contribution in [0.1, 0.15) is 158 Å². The lowest BCUT2D eigenvalue weighted by molar-refractivity contribution is -0.314. The van der Waals surface area contributed by atoms with Crippen LogP contribution in [0.5, 0.6) is 0 Å². The Morgan fingerprint density at radius 1 is 0.875 bits per heavy atom. The number of carbonyl (C=O) groups excluding carboxylic acids is 3. The van der Waals surface area contributed by atoms with Gasteiger partial charge in [0.1, 0.15) is 24.4 Å². The largest absolute Gasteiger partial charge is 0.462 e. The molecule has 7 rings (SSSR count). The van der Waals surface area contributed by atoms with Gasteiger partial charge in [0, 0.05) is 69.8 Å². The molecule has 3 saturated heterocycles. The van der Waals surface area contributed by atoms with Crippen LogP contribution < -0.4 is 0 Å². The maximum Gasteiger partial charge on any atom is 0.306 e. The molecule has 3 aliphatic carbocycles. The highest BCUT2D eigenvalue weighted by Crippen LogP contribution is 2.62. The minimum atomic E-state index is -0.645. The number of fused-ring (bicyclic) bond motifs is 8. The Balaban J connectivity index is 1.10. The Morgan fingerprint density at radius 2 is 1.62 bits per heavy atom. The monoisotopic (exact) mass is 915 g/mol. The molecule has 1 aromatic heterocycles. The molecular weight excluding hydrogens is 837 g/mol. The van der Waals surface area contributed by atoms with Crippen molar-refractivity contribution in [2.45, 2.75) is 217 Å². The number of hydrogen-bond acceptors (Lipinski definition) is 13. The summed E-state index contributed by atoms with van der Waals surface area (Å²) in [6.45, 7) is 12.3. The molecule has 0 aromatic carbocycles. The number of unbranched alkanes of at least 4 members (excludes halogenated alkanes) is 4. The number of ketones is 1. The molecule has 0 N–H and O–H groups in total. The number of esters is 1. The predicted molar refractivity (Wildman–Crippen MR) is 243 cm³/mol. The fourth-order valence-corrected chi connectivity index (χ4v) is 13.4. The van der Waals surface area contributed by atoms with Crippen molar-refractivity contribution in [1.29, 1.82) is 0 Å². The van der Waals surface area contributed by atoms with E-state index in [1.165, 1.54) is 24.1 Å². The molecule has 64 heavy (non-hydrogen) atoms. The molecule has 4 fully saturated rings. The van der Waals surface area contributed by atoms with Crippen LogP contribution >= 0.6 is 11.3 Å². The van der Waals surface area contributed by atoms with Crippen LogP contribution in [0.4, 0.5) is 0 Å². The molecule has 0 bridgehead atoms. The molecule has 3 aliphatic heterocycles. The highest BCUT2D eigenvalue weighted by atomic mass is 32.1. The van der Waals surface area contributed by atoms with Gasteiger partial charge in [-0.2, -0.15) is 0 Å². The Kier molecular flexibility index (Phi) is 17.2. The average Bonchev–Trinajstić information content (AvgIpc) is 3.98. The van der Waals surface area contributed by atoms with Crippen molar-refractivity contribution in [3.63, 3.8) is 0 Å². The third-order valence-electron chi connectivity index (χ3n) is 15.7. The SMILES string of the molecule is CCCCCCCC(=O)N(C)[C@H]1CC[C@H](O[C@H]2CCC[C@H](CC)OC(=O)C[C@@H]3C(=C[C@H]4[C@@H]5C[C@H](O[C@@H]6OC(C)[C@H](OC)C(OC)[C@@H]6OC)C[C@H]5c5sc(C)nc5[C@H]43)C(=O)[C@@H]2C)OC1C. The van der Waals surface area contributed by atoms with Crippen LogP contribution in [-0.2, 0) is 52.3 Å². The summed E-state index contributed by atoms with van der Waals surface area (Å²) in [7, 11) is 6.87. The van der Waals surface area contributed by atoms with E-state index in [0.717, 1.165) is 49.2 Å². The van der Waals surface area contributed by atoms with Gasteiger partial charge in [0.05, 0.1) is 47.6 Å². The topological polar surface area (TPSA) is 141 Å². The van der Waals surface area contributed by atoms with Crippen LogP contribution in [0.15, 0.2) is 11.6 Å². The molecule has 0 spiro atoms. The van der Waals surface area contributed by atoms with Crippen molar-refractivity contribution in [3.05, 3.63) is 27.2 Å². The number of thiazole rings is 1. The molecule has 0 radical (unpaired) electrons. The highest BCUT2D eigenvalue weighted by Gasteiger charge is 2.57. The van der Waals surface area contributed by atoms with Crippen LogP contribution in [-0.4, -0.2) is 123 Å². The van der Waals surface area contributed by atoms with E-state index in [0.29, 0.717) is 37.7 Å². The second-order valence-electron chi connectivity index (χ2n) is 19.7. The van der Waals surface area contributed by atoms with Crippen molar-refractivity contribution in [2.24, 2.45) is 23.7 Å². The zero-order chi connectivity index (χ0) is 45.8. The zero-order valence-electron chi connectivity index (χ0n) is 40.3. The van der Waals surface area contributed by atoms with E-state index in [1.807, 2.05) is 32.7 Å². The van der Waals surface area contributed by atoms with Gasteiger partial charge in [-0.15, -0.1) is 11.3 Å². The first kappa shape index (κ1) is 49.6. The first-order valence-electron chi connectivity index (χ1n) is 24.7. The number of hydrogen-bond donors (Lipinski definition) is 0. The number of amides is 1. The van der Waals surface area contributed by atoms with Gasteiger partial charge in [-0.05, 0) is 89.5 Å². The molecule has 14 heteroatoms. The maximum absolute atomic E-state index is 15.2. The Morgan fingerprint density at radius 3 is 2.33 bits per heavy atom. The number of Topliss-reactive ketones (excluding diaryl/α,β-unsaturated/α-hetero) is 1. The van der Waals surface area contributed by atoms with Crippen molar-refractivity contribution in [3.8, 4) is 0 Å². The number of likely N-dealkylation sites (N-methyl/N-ethyl adjacent to an activating group) is 1. The van der Waals surface area contributed by atoms with E-state index in [2.05, 4.69) is 26.8 Å². The minimum absolute atomic E-state index is 0.00691.